The highest BCUT2D eigenvalue weighted by molar-refractivity contribution is 9.10. The van der Waals surface area contributed by atoms with E-state index in [0.29, 0.717) is 6.04 Å². The van der Waals surface area contributed by atoms with Crippen molar-refractivity contribution in [1.29, 1.82) is 0 Å². The quantitative estimate of drug-likeness (QED) is 0.802. The highest BCUT2D eigenvalue weighted by Crippen LogP contribution is 2.24. The van der Waals surface area contributed by atoms with Crippen LogP contribution < -0.4 is 0 Å². The van der Waals surface area contributed by atoms with Crippen LogP contribution in [-0.2, 0) is 19.5 Å². The van der Waals surface area contributed by atoms with E-state index in [-0.39, 0.29) is 0 Å². The molecule has 98 valence electrons. The number of hydrogen-bond donors (Lipinski definition) is 0. The summed E-state index contributed by atoms with van der Waals surface area (Å²) in [6.45, 7) is 10.7. The molecule has 4 heteroatoms. The number of aromatic nitrogens is 2. The van der Waals surface area contributed by atoms with E-state index >= 15 is 0 Å². The lowest BCUT2D eigenvalue weighted by atomic mass is 10.2. The molecule has 0 fully saturated rings. The molecule has 3 nitrogen and oxygen atoms in total. The molecule has 0 N–H and O–H groups in total. The monoisotopic (exact) mass is 301 g/mol. The van der Waals surface area contributed by atoms with Crippen molar-refractivity contribution in [2.24, 2.45) is 0 Å². The Morgan fingerprint density at radius 1 is 1.35 bits per heavy atom. The van der Waals surface area contributed by atoms with Crippen molar-refractivity contribution < 1.29 is 0 Å². The van der Waals surface area contributed by atoms with Gasteiger partial charge in [-0.1, -0.05) is 13.8 Å². The molecule has 1 aromatic heterocycles. The van der Waals surface area contributed by atoms with Gasteiger partial charge in [-0.15, -0.1) is 0 Å². The molecule has 0 saturated heterocycles. The molecule has 0 aliphatic heterocycles. The number of halogens is 1. The van der Waals surface area contributed by atoms with Crippen LogP contribution in [0, 0.1) is 0 Å². The minimum atomic E-state index is 0.604. The van der Waals surface area contributed by atoms with Gasteiger partial charge in [0.2, 0.25) is 0 Å². The lowest BCUT2D eigenvalue weighted by Gasteiger charge is -2.23. The molecule has 1 aromatic rings. The fraction of sp³-hybridized carbons (Fsp3) is 0.769. The lowest BCUT2D eigenvalue weighted by molar-refractivity contribution is 0.236. The average Bonchev–Trinajstić information content (AvgIpc) is 2.65. The summed E-state index contributed by atoms with van der Waals surface area (Å²) in [4.78, 5) is 2.38. The fourth-order valence-corrected chi connectivity index (χ4v) is 2.56. The molecule has 0 saturated carbocycles. The summed E-state index contributed by atoms with van der Waals surface area (Å²) in [6, 6.07) is 0.604. The van der Waals surface area contributed by atoms with Gasteiger partial charge in [-0.2, -0.15) is 5.10 Å². The van der Waals surface area contributed by atoms with Gasteiger partial charge in [0.25, 0.3) is 0 Å². The highest BCUT2D eigenvalue weighted by Gasteiger charge is 2.17. The van der Waals surface area contributed by atoms with Gasteiger partial charge in [0.15, 0.2) is 0 Å². The van der Waals surface area contributed by atoms with Crippen molar-refractivity contribution in [3.8, 4) is 0 Å². The molecule has 0 bridgehead atoms. The largest absolute Gasteiger partial charge is 0.298 e. The van der Waals surface area contributed by atoms with Gasteiger partial charge in [0.1, 0.15) is 0 Å². The fourth-order valence-electron chi connectivity index (χ4n) is 1.87. The Bertz CT molecular complexity index is 360. The van der Waals surface area contributed by atoms with E-state index in [4.69, 9.17) is 0 Å². The van der Waals surface area contributed by atoms with E-state index in [1.165, 1.54) is 22.3 Å². The summed E-state index contributed by atoms with van der Waals surface area (Å²) < 4.78 is 3.30. The van der Waals surface area contributed by atoms with Crippen LogP contribution in [-0.4, -0.2) is 27.8 Å². The summed E-state index contributed by atoms with van der Waals surface area (Å²) in [5.74, 6) is 0. The normalized spacial score (nSPS) is 13.4. The van der Waals surface area contributed by atoms with Crippen molar-refractivity contribution in [1.82, 2.24) is 14.7 Å². The maximum atomic E-state index is 4.63. The predicted molar refractivity (Wildman–Crippen MR) is 76.2 cm³/mol. The molecule has 1 rings (SSSR count). The summed E-state index contributed by atoms with van der Waals surface area (Å²) in [6.07, 6.45) is 2.16. The van der Waals surface area contributed by atoms with Crippen LogP contribution in [0.15, 0.2) is 4.47 Å². The molecule has 0 radical (unpaired) electrons. The number of aryl methyl sites for hydroxylation is 2. The zero-order valence-electron chi connectivity index (χ0n) is 11.6. The van der Waals surface area contributed by atoms with E-state index in [1.54, 1.807) is 0 Å². The summed E-state index contributed by atoms with van der Waals surface area (Å²) in [5.41, 5.74) is 2.46. The minimum Gasteiger partial charge on any atom is -0.298 e. The maximum absolute atomic E-state index is 4.63. The Kier molecular flexibility index (Phi) is 5.67. The second-order valence-electron chi connectivity index (χ2n) is 4.55. The standard InChI is InChI=1S/C13H24BrN3/c1-6-10(4)16(5)9-12-13(14)11(7-2)15-17(12)8-3/h10H,6-9H2,1-5H3. The second-order valence-corrected chi connectivity index (χ2v) is 5.34. The second kappa shape index (κ2) is 6.55. The van der Waals surface area contributed by atoms with Gasteiger partial charge < -0.3 is 0 Å². The number of nitrogens with zero attached hydrogens (tertiary/aromatic N) is 3. The molecule has 1 atom stereocenters. The Morgan fingerprint density at radius 3 is 2.47 bits per heavy atom. The number of hydrogen-bond acceptors (Lipinski definition) is 2. The lowest BCUT2D eigenvalue weighted by Crippen LogP contribution is -2.29. The first kappa shape index (κ1) is 14.7. The van der Waals surface area contributed by atoms with Crippen molar-refractivity contribution >= 4 is 15.9 Å². The third-order valence-corrected chi connectivity index (χ3v) is 4.35. The molecule has 17 heavy (non-hydrogen) atoms. The average molecular weight is 302 g/mol. The zero-order chi connectivity index (χ0) is 13.0. The van der Waals surface area contributed by atoms with Gasteiger partial charge in [0, 0.05) is 19.1 Å². The van der Waals surface area contributed by atoms with E-state index in [0.717, 1.165) is 19.5 Å². The molecular weight excluding hydrogens is 278 g/mol. The van der Waals surface area contributed by atoms with Crippen LogP contribution in [0.5, 0.6) is 0 Å². The third-order valence-electron chi connectivity index (χ3n) is 3.44. The molecule has 1 unspecified atom stereocenters. The van der Waals surface area contributed by atoms with Crippen LogP contribution in [0.3, 0.4) is 0 Å². The van der Waals surface area contributed by atoms with Gasteiger partial charge in [-0.25, -0.2) is 0 Å². The van der Waals surface area contributed by atoms with Crippen LogP contribution in [0.25, 0.3) is 0 Å². The Hall–Kier alpha value is -0.350. The van der Waals surface area contributed by atoms with E-state index in [1.807, 2.05) is 0 Å². The molecule has 0 aliphatic carbocycles. The predicted octanol–water partition coefficient (Wildman–Crippen LogP) is 3.46. The number of rotatable bonds is 6. The first-order chi connectivity index (χ1) is 8.04. The van der Waals surface area contributed by atoms with Crippen molar-refractivity contribution in [2.45, 2.75) is 59.7 Å². The Balaban J connectivity index is 2.92. The van der Waals surface area contributed by atoms with Gasteiger partial charge >= 0.3 is 0 Å². The Labute approximate surface area is 113 Å². The molecule has 0 aromatic carbocycles. The van der Waals surface area contributed by atoms with Crippen LogP contribution >= 0.6 is 15.9 Å². The maximum Gasteiger partial charge on any atom is 0.0767 e. The minimum absolute atomic E-state index is 0.604. The molecule has 1 heterocycles. The third kappa shape index (κ3) is 3.32. The van der Waals surface area contributed by atoms with Crippen molar-refractivity contribution in [2.75, 3.05) is 7.05 Å². The topological polar surface area (TPSA) is 21.1 Å². The van der Waals surface area contributed by atoms with E-state index in [2.05, 4.69) is 65.4 Å². The first-order valence-corrected chi connectivity index (χ1v) is 7.28. The van der Waals surface area contributed by atoms with Gasteiger partial charge in [-0.3, -0.25) is 9.58 Å². The first-order valence-electron chi connectivity index (χ1n) is 6.49. The van der Waals surface area contributed by atoms with Gasteiger partial charge in [-0.05, 0) is 49.7 Å². The smallest absolute Gasteiger partial charge is 0.0767 e. The molecule has 0 spiro atoms. The van der Waals surface area contributed by atoms with Crippen LogP contribution in [0.4, 0.5) is 0 Å². The summed E-state index contributed by atoms with van der Waals surface area (Å²) >= 11 is 3.69. The van der Waals surface area contributed by atoms with Crippen LogP contribution in [0.2, 0.25) is 0 Å². The zero-order valence-corrected chi connectivity index (χ0v) is 13.2. The summed E-state index contributed by atoms with van der Waals surface area (Å²) in [5, 5.41) is 4.63. The highest BCUT2D eigenvalue weighted by atomic mass is 79.9. The van der Waals surface area contributed by atoms with E-state index < -0.39 is 0 Å². The Morgan fingerprint density at radius 2 is 2.00 bits per heavy atom. The summed E-state index contributed by atoms with van der Waals surface area (Å²) in [7, 11) is 2.18. The van der Waals surface area contributed by atoms with Crippen LogP contribution in [0.1, 0.15) is 45.5 Å². The van der Waals surface area contributed by atoms with E-state index in [9.17, 15) is 0 Å². The SMILES string of the molecule is CCc1nn(CC)c(CN(C)C(C)CC)c1Br. The molecule has 0 aliphatic rings. The molecular formula is C13H24BrN3. The van der Waals surface area contributed by atoms with Crippen molar-refractivity contribution in [3.63, 3.8) is 0 Å². The van der Waals surface area contributed by atoms with Crippen molar-refractivity contribution in [3.05, 3.63) is 15.9 Å². The molecule has 0 amide bonds. The van der Waals surface area contributed by atoms with Gasteiger partial charge in [0.05, 0.1) is 15.9 Å².